The average molecular weight is 381 g/mol. The van der Waals surface area contributed by atoms with Crippen LogP contribution >= 0.6 is 0 Å². The van der Waals surface area contributed by atoms with Crippen molar-refractivity contribution in [2.75, 3.05) is 44.0 Å². The molecule has 1 aromatic rings. The molecule has 1 N–H and O–H groups in total. The first-order valence-electron chi connectivity index (χ1n) is 8.60. The number of nitrogens with zero attached hydrogens (tertiary/aromatic N) is 2. The van der Waals surface area contributed by atoms with E-state index in [0.717, 1.165) is 16.8 Å². The van der Waals surface area contributed by atoms with Gasteiger partial charge in [-0.3, -0.25) is 14.5 Å². The second-order valence-corrected chi connectivity index (χ2v) is 9.26. The highest BCUT2D eigenvalue weighted by Gasteiger charge is 2.32. The third kappa shape index (κ3) is 5.28. The van der Waals surface area contributed by atoms with E-state index in [1.807, 2.05) is 32.0 Å². The summed E-state index contributed by atoms with van der Waals surface area (Å²) in [5.74, 6) is -0.232. The van der Waals surface area contributed by atoms with Crippen molar-refractivity contribution in [2.24, 2.45) is 0 Å². The molecule has 7 nitrogen and oxygen atoms in total. The van der Waals surface area contributed by atoms with Crippen molar-refractivity contribution < 1.29 is 18.0 Å². The molecule has 0 radical (unpaired) electrons. The zero-order chi connectivity index (χ0) is 19.5. The molecular weight excluding hydrogens is 354 g/mol. The van der Waals surface area contributed by atoms with Gasteiger partial charge in [-0.05, 0) is 44.5 Å². The number of benzene rings is 1. The second kappa shape index (κ2) is 8.18. The number of sulfone groups is 1. The van der Waals surface area contributed by atoms with Crippen LogP contribution in [0.1, 0.15) is 17.5 Å². The molecule has 2 rings (SSSR count). The lowest BCUT2D eigenvalue weighted by atomic mass is 10.1. The first-order valence-corrected chi connectivity index (χ1v) is 10.4. The molecule has 1 aliphatic heterocycles. The number of amides is 2. The number of hydrogen-bond donors (Lipinski definition) is 1. The lowest BCUT2D eigenvalue weighted by Crippen LogP contribution is -2.44. The van der Waals surface area contributed by atoms with E-state index in [4.69, 9.17) is 0 Å². The number of hydrogen-bond acceptors (Lipinski definition) is 5. The summed E-state index contributed by atoms with van der Waals surface area (Å²) < 4.78 is 23.1. The fourth-order valence-corrected chi connectivity index (χ4v) is 4.78. The van der Waals surface area contributed by atoms with Crippen LogP contribution in [0.4, 0.5) is 5.69 Å². The molecule has 8 heteroatoms. The van der Waals surface area contributed by atoms with Crippen molar-refractivity contribution >= 4 is 27.3 Å². The summed E-state index contributed by atoms with van der Waals surface area (Å²) in [7, 11) is 0.282. The van der Waals surface area contributed by atoms with Gasteiger partial charge in [0, 0.05) is 18.8 Å². The smallest absolute Gasteiger partial charge is 0.238 e. The summed E-state index contributed by atoms with van der Waals surface area (Å²) in [6.45, 7) is 4.07. The zero-order valence-electron chi connectivity index (χ0n) is 15.8. The summed E-state index contributed by atoms with van der Waals surface area (Å²) >= 11 is 0. The van der Waals surface area contributed by atoms with Crippen LogP contribution in [0.3, 0.4) is 0 Å². The van der Waals surface area contributed by atoms with E-state index in [9.17, 15) is 18.0 Å². The van der Waals surface area contributed by atoms with Crippen molar-refractivity contribution in [3.63, 3.8) is 0 Å². The molecule has 26 heavy (non-hydrogen) atoms. The topological polar surface area (TPSA) is 86.8 Å². The monoisotopic (exact) mass is 381 g/mol. The van der Waals surface area contributed by atoms with Crippen LogP contribution in [0.25, 0.3) is 0 Å². The van der Waals surface area contributed by atoms with E-state index in [0.29, 0.717) is 6.42 Å². The van der Waals surface area contributed by atoms with Gasteiger partial charge in [0.2, 0.25) is 11.8 Å². The lowest BCUT2D eigenvalue weighted by molar-refractivity contribution is -0.132. The van der Waals surface area contributed by atoms with Crippen LogP contribution in [0.5, 0.6) is 0 Å². The van der Waals surface area contributed by atoms with Gasteiger partial charge in [-0.1, -0.05) is 12.1 Å². The Hall–Kier alpha value is -1.93. The molecule has 1 heterocycles. The number of carbonyl (C=O) groups is 2. The van der Waals surface area contributed by atoms with Gasteiger partial charge in [0.05, 0.1) is 24.6 Å². The van der Waals surface area contributed by atoms with Crippen LogP contribution < -0.4 is 5.32 Å². The number of likely N-dealkylation sites (N-methyl/N-ethyl adjacent to an activating group) is 2. The summed E-state index contributed by atoms with van der Waals surface area (Å²) in [6.07, 6.45) is 0.474. The van der Waals surface area contributed by atoms with Crippen LogP contribution in [-0.4, -0.2) is 74.8 Å². The van der Waals surface area contributed by atoms with Crippen LogP contribution in [0.2, 0.25) is 0 Å². The minimum absolute atomic E-state index is 0.0199. The quantitative estimate of drug-likeness (QED) is 0.788. The molecule has 1 fully saturated rings. The zero-order valence-corrected chi connectivity index (χ0v) is 16.6. The van der Waals surface area contributed by atoms with E-state index >= 15 is 0 Å². The fourth-order valence-electron chi connectivity index (χ4n) is 3.00. The molecular formula is C18H27N3O4S. The highest BCUT2D eigenvalue weighted by Crippen LogP contribution is 2.18. The number of nitrogens with one attached hydrogen (secondary N) is 1. The first-order chi connectivity index (χ1) is 12.1. The minimum Gasteiger partial charge on any atom is -0.341 e. The predicted octanol–water partition coefficient (Wildman–Crippen LogP) is 0.819. The van der Waals surface area contributed by atoms with Crippen molar-refractivity contribution in [1.82, 2.24) is 9.80 Å². The standard InChI is InChI=1S/C18H27N3O4S/c1-13-6-5-7-16(14(13)2)19-17(22)10-20(3)11-18(23)21(4)15-8-9-26(24,25)12-15/h5-7,15H,8-12H2,1-4H3,(H,19,22)/t15-/m1/s1. The highest BCUT2D eigenvalue weighted by atomic mass is 32.2. The Balaban J connectivity index is 1.85. The fraction of sp³-hybridized carbons (Fsp3) is 0.556. The Bertz CT molecular complexity index is 792. The van der Waals surface area contributed by atoms with Crippen LogP contribution in [0.15, 0.2) is 18.2 Å². The molecule has 0 bridgehead atoms. The molecule has 0 saturated carbocycles. The molecule has 144 valence electrons. The van der Waals surface area contributed by atoms with Gasteiger partial charge in [0.15, 0.2) is 9.84 Å². The Morgan fingerprint density at radius 1 is 1.19 bits per heavy atom. The van der Waals surface area contributed by atoms with Crippen molar-refractivity contribution in [3.8, 4) is 0 Å². The van der Waals surface area contributed by atoms with Gasteiger partial charge in [-0.15, -0.1) is 0 Å². The number of aryl methyl sites for hydroxylation is 1. The van der Waals surface area contributed by atoms with E-state index < -0.39 is 9.84 Å². The second-order valence-electron chi connectivity index (χ2n) is 7.03. The largest absolute Gasteiger partial charge is 0.341 e. The summed E-state index contributed by atoms with van der Waals surface area (Å²) in [4.78, 5) is 27.7. The lowest BCUT2D eigenvalue weighted by Gasteiger charge is -2.26. The molecule has 0 aromatic heterocycles. The maximum absolute atomic E-state index is 12.3. The molecule has 1 aromatic carbocycles. The third-order valence-electron chi connectivity index (χ3n) is 4.85. The van der Waals surface area contributed by atoms with Gasteiger partial charge in [-0.25, -0.2) is 8.42 Å². The maximum Gasteiger partial charge on any atom is 0.238 e. The van der Waals surface area contributed by atoms with Crippen molar-refractivity contribution in [3.05, 3.63) is 29.3 Å². The Labute approximate surface area is 155 Å². The van der Waals surface area contributed by atoms with E-state index in [1.165, 1.54) is 4.90 Å². The molecule has 1 aliphatic rings. The first kappa shape index (κ1) is 20.4. The number of carbonyl (C=O) groups excluding carboxylic acids is 2. The molecule has 1 atom stereocenters. The van der Waals surface area contributed by atoms with E-state index in [2.05, 4.69) is 5.32 Å². The van der Waals surface area contributed by atoms with Gasteiger partial charge < -0.3 is 10.2 Å². The Morgan fingerprint density at radius 2 is 1.88 bits per heavy atom. The van der Waals surface area contributed by atoms with Crippen LogP contribution in [-0.2, 0) is 19.4 Å². The normalized spacial score (nSPS) is 18.7. The molecule has 1 saturated heterocycles. The number of anilines is 1. The van der Waals surface area contributed by atoms with Gasteiger partial charge in [0.1, 0.15) is 0 Å². The summed E-state index contributed by atoms with van der Waals surface area (Å²) in [6, 6.07) is 5.44. The molecule has 2 amide bonds. The van der Waals surface area contributed by atoms with Crippen LogP contribution in [0, 0.1) is 13.8 Å². The van der Waals surface area contributed by atoms with Gasteiger partial charge >= 0.3 is 0 Å². The molecule has 0 aliphatic carbocycles. The van der Waals surface area contributed by atoms with E-state index in [1.54, 1.807) is 19.0 Å². The summed E-state index contributed by atoms with van der Waals surface area (Å²) in [5.41, 5.74) is 2.88. The number of rotatable bonds is 6. The SMILES string of the molecule is Cc1cccc(NC(=O)CN(C)CC(=O)N(C)[C@@H]2CCS(=O)(=O)C2)c1C. The Morgan fingerprint density at radius 3 is 2.50 bits per heavy atom. The van der Waals surface area contributed by atoms with Crippen molar-refractivity contribution in [2.45, 2.75) is 26.3 Å². The Kier molecular flexibility index (Phi) is 6.41. The summed E-state index contributed by atoms with van der Waals surface area (Å²) in [5, 5.41) is 2.87. The third-order valence-corrected chi connectivity index (χ3v) is 6.60. The highest BCUT2D eigenvalue weighted by molar-refractivity contribution is 7.91. The maximum atomic E-state index is 12.3. The van der Waals surface area contributed by atoms with Gasteiger partial charge in [-0.2, -0.15) is 0 Å². The van der Waals surface area contributed by atoms with E-state index in [-0.39, 0.29) is 42.5 Å². The molecule has 0 unspecified atom stereocenters. The predicted molar refractivity (Wildman–Crippen MR) is 102 cm³/mol. The van der Waals surface area contributed by atoms with Gasteiger partial charge in [0.25, 0.3) is 0 Å². The molecule has 0 spiro atoms. The van der Waals surface area contributed by atoms with Crippen molar-refractivity contribution in [1.29, 1.82) is 0 Å². The minimum atomic E-state index is -3.04. The average Bonchev–Trinajstić information content (AvgIpc) is 2.90.